The molecule has 0 radical (unpaired) electrons. The Morgan fingerprint density at radius 2 is 2.38 bits per heavy atom. The maximum Gasteiger partial charge on any atom is 0.223 e. The Labute approximate surface area is 80.4 Å². The second-order valence-corrected chi connectivity index (χ2v) is 3.70. The highest BCUT2D eigenvalue weighted by Gasteiger charge is 2.20. The molecule has 0 aromatic rings. The first kappa shape index (κ1) is 10.3. The summed E-state index contributed by atoms with van der Waals surface area (Å²) in [6.45, 7) is 4.56. The number of carbonyl (C=O) groups is 1. The summed E-state index contributed by atoms with van der Waals surface area (Å²) in [6.07, 6.45) is 8.64. The molecule has 1 aliphatic rings. The molecule has 1 unspecified atom stereocenters. The van der Waals surface area contributed by atoms with Crippen molar-refractivity contribution in [1.82, 2.24) is 5.32 Å². The van der Waals surface area contributed by atoms with Crippen LogP contribution in [-0.4, -0.2) is 12.5 Å². The van der Waals surface area contributed by atoms with Gasteiger partial charge in [0, 0.05) is 12.5 Å². The quantitative estimate of drug-likeness (QED) is 0.511. The van der Waals surface area contributed by atoms with Crippen LogP contribution in [0.5, 0.6) is 0 Å². The molecule has 1 heterocycles. The van der Waals surface area contributed by atoms with Crippen molar-refractivity contribution in [2.75, 3.05) is 6.54 Å². The molecule has 13 heavy (non-hydrogen) atoms. The van der Waals surface area contributed by atoms with E-state index in [1.807, 2.05) is 6.08 Å². The monoisotopic (exact) mass is 181 g/mol. The zero-order valence-corrected chi connectivity index (χ0v) is 8.22. The molecule has 0 saturated carbocycles. The summed E-state index contributed by atoms with van der Waals surface area (Å²) in [4.78, 5) is 11.3. The predicted octanol–water partition coefficient (Wildman–Crippen LogP) is 2.26. The van der Waals surface area contributed by atoms with Gasteiger partial charge in [-0.1, -0.05) is 12.5 Å². The Bertz CT molecular complexity index is 177. The minimum atomic E-state index is 0.268. The first-order chi connectivity index (χ1) is 6.34. The molecule has 1 rings (SSSR count). The van der Waals surface area contributed by atoms with Crippen LogP contribution in [0.3, 0.4) is 0 Å². The van der Waals surface area contributed by atoms with Crippen LogP contribution in [0.25, 0.3) is 0 Å². The first-order valence-corrected chi connectivity index (χ1v) is 5.23. The average molecular weight is 181 g/mol. The second-order valence-electron chi connectivity index (χ2n) is 3.70. The molecular weight excluding hydrogens is 162 g/mol. The van der Waals surface area contributed by atoms with E-state index in [0.717, 1.165) is 38.6 Å². The van der Waals surface area contributed by atoms with E-state index in [1.54, 1.807) is 0 Å². The van der Waals surface area contributed by atoms with Gasteiger partial charge in [-0.25, -0.2) is 0 Å². The molecule has 1 N–H and O–H groups in total. The minimum Gasteiger partial charge on any atom is -0.356 e. The lowest BCUT2D eigenvalue weighted by atomic mass is 9.93. The Hall–Kier alpha value is -0.790. The standard InChI is InChI=1S/C11H19NO/c1-2-3-4-5-7-10-8-6-9-12-11(10)13/h2,10H,1,3-9H2,(H,12,13). The lowest BCUT2D eigenvalue weighted by Crippen LogP contribution is -2.36. The van der Waals surface area contributed by atoms with E-state index >= 15 is 0 Å². The number of amides is 1. The fraction of sp³-hybridized carbons (Fsp3) is 0.727. The van der Waals surface area contributed by atoms with Gasteiger partial charge in [0.05, 0.1) is 0 Å². The number of hydrogen-bond donors (Lipinski definition) is 1. The summed E-state index contributed by atoms with van der Waals surface area (Å²) in [5.74, 6) is 0.559. The van der Waals surface area contributed by atoms with Crippen LogP contribution in [0.2, 0.25) is 0 Å². The first-order valence-electron chi connectivity index (χ1n) is 5.23. The lowest BCUT2D eigenvalue weighted by Gasteiger charge is -2.21. The molecule has 1 saturated heterocycles. The van der Waals surface area contributed by atoms with Crippen LogP contribution < -0.4 is 5.32 Å². The van der Waals surface area contributed by atoms with Crippen molar-refractivity contribution in [3.8, 4) is 0 Å². The smallest absolute Gasteiger partial charge is 0.223 e. The molecule has 0 spiro atoms. The molecule has 1 amide bonds. The fourth-order valence-electron chi connectivity index (χ4n) is 1.79. The van der Waals surface area contributed by atoms with Crippen LogP contribution in [0.15, 0.2) is 12.7 Å². The third kappa shape index (κ3) is 3.62. The topological polar surface area (TPSA) is 29.1 Å². The van der Waals surface area contributed by atoms with E-state index in [2.05, 4.69) is 11.9 Å². The summed E-state index contributed by atoms with van der Waals surface area (Å²) >= 11 is 0. The Morgan fingerprint density at radius 1 is 1.54 bits per heavy atom. The molecule has 1 atom stereocenters. The molecule has 2 heteroatoms. The summed E-state index contributed by atoms with van der Waals surface area (Å²) < 4.78 is 0. The van der Waals surface area contributed by atoms with E-state index in [-0.39, 0.29) is 5.91 Å². The van der Waals surface area contributed by atoms with Gasteiger partial charge in [0.25, 0.3) is 0 Å². The number of carbonyl (C=O) groups excluding carboxylic acids is 1. The Kier molecular flexibility index (Phi) is 4.58. The number of unbranched alkanes of at least 4 members (excludes halogenated alkanes) is 2. The molecular formula is C11H19NO. The van der Waals surface area contributed by atoms with Crippen LogP contribution >= 0.6 is 0 Å². The summed E-state index contributed by atoms with van der Waals surface area (Å²) in [7, 11) is 0. The molecule has 0 aromatic carbocycles. The van der Waals surface area contributed by atoms with Gasteiger partial charge < -0.3 is 5.32 Å². The van der Waals surface area contributed by atoms with Gasteiger partial charge in [-0.2, -0.15) is 0 Å². The highest BCUT2D eigenvalue weighted by atomic mass is 16.1. The molecule has 1 aliphatic heterocycles. The zero-order valence-electron chi connectivity index (χ0n) is 8.22. The normalized spacial score (nSPS) is 22.5. The Morgan fingerprint density at radius 3 is 3.08 bits per heavy atom. The zero-order chi connectivity index (χ0) is 9.52. The van der Waals surface area contributed by atoms with Crippen molar-refractivity contribution < 1.29 is 4.79 Å². The number of nitrogens with one attached hydrogen (secondary N) is 1. The SMILES string of the molecule is C=CCCCCC1CCCNC1=O. The lowest BCUT2D eigenvalue weighted by molar-refractivity contribution is -0.126. The number of rotatable bonds is 5. The van der Waals surface area contributed by atoms with Crippen molar-refractivity contribution in [3.63, 3.8) is 0 Å². The van der Waals surface area contributed by atoms with Gasteiger partial charge in [0.15, 0.2) is 0 Å². The van der Waals surface area contributed by atoms with E-state index in [0.29, 0.717) is 5.92 Å². The maximum absolute atomic E-state index is 11.3. The van der Waals surface area contributed by atoms with Gasteiger partial charge in [0.2, 0.25) is 5.91 Å². The van der Waals surface area contributed by atoms with Crippen LogP contribution in [0.4, 0.5) is 0 Å². The molecule has 0 aromatic heterocycles. The van der Waals surface area contributed by atoms with Gasteiger partial charge in [-0.15, -0.1) is 6.58 Å². The largest absolute Gasteiger partial charge is 0.356 e. The van der Waals surface area contributed by atoms with Gasteiger partial charge >= 0.3 is 0 Å². The van der Waals surface area contributed by atoms with E-state index < -0.39 is 0 Å². The third-order valence-corrected chi connectivity index (χ3v) is 2.61. The van der Waals surface area contributed by atoms with Gasteiger partial charge in [-0.3, -0.25) is 4.79 Å². The highest BCUT2D eigenvalue weighted by Crippen LogP contribution is 2.18. The van der Waals surface area contributed by atoms with Crippen molar-refractivity contribution >= 4 is 5.91 Å². The summed E-state index contributed by atoms with van der Waals surface area (Å²) in [5, 5.41) is 2.91. The van der Waals surface area contributed by atoms with Crippen molar-refractivity contribution in [3.05, 3.63) is 12.7 Å². The molecule has 0 bridgehead atoms. The van der Waals surface area contributed by atoms with E-state index in [4.69, 9.17) is 0 Å². The van der Waals surface area contributed by atoms with Crippen molar-refractivity contribution in [1.29, 1.82) is 0 Å². The number of hydrogen-bond acceptors (Lipinski definition) is 1. The third-order valence-electron chi connectivity index (χ3n) is 2.61. The Balaban J connectivity index is 2.11. The minimum absolute atomic E-state index is 0.268. The molecule has 0 aliphatic carbocycles. The van der Waals surface area contributed by atoms with Crippen molar-refractivity contribution in [2.45, 2.75) is 38.5 Å². The van der Waals surface area contributed by atoms with E-state index in [1.165, 1.54) is 6.42 Å². The van der Waals surface area contributed by atoms with Crippen LogP contribution in [0, 0.1) is 5.92 Å². The van der Waals surface area contributed by atoms with Crippen LogP contribution in [0.1, 0.15) is 38.5 Å². The molecule has 74 valence electrons. The van der Waals surface area contributed by atoms with Crippen molar-refractivity contribution in [2.24, 2.45) is 5.92 Å². The average Bonchev–Trinajstić information content (AvgIpc) is 2.15. The van der Waals surface area contributed by atoms with Gasteiger partial charge in [0.1, 0.15) is 0 Å². The van der Waals surface area contributed by atoms with E-state index in [9.17, 15) is 4.79 Å². The van der Waals surface area contributed by atoms with Crippen LogP contribution in [-0.2, 0) is 4.79 Å². The second kappa shape index (κ2) is 5.79. The summed E-state index contributed by atoms with van der Waals surface area (Å²) in [6, 6.07) is 0. The molecule has 2 nitrogen and oxygen atoms in total. The molecule has 1 fully saturated rings. The maximum atomic E-state index is 11.3. The number of allylic oxidation sites excluding steroid dienone is 1. The number of piperidine rings is 1. The highest BCUT2D eigenvalue weighted by molar-refractivity contribution is 5.79. The predicted molar refractivity (Wildman–Crippen MR) is 54.4 cm³/mol. The summed E-state index contributed by atoms with van der Waals surface area (Å²) in [5.41, 5.74) is 0. The van der Waals surface area contributed by atoms with Gasteiger partial charge in [-0.05, 0) is 32.1 Å². The fourth-order valence-corrected chi connectivity index (χ4v) is 1.79.